The van der Waals surface area contributed by atoms with E-state index in [2.05, 4.69) is 4.98 Å². The second kappa shape index (κ2) is 4.85. The van der Waals surface area contributed by atoms with E-state index < -0.39 is 0 Å². The highest BCUT2D eigenvalue weighted by molar-refractivity contribution is 8.01. The number of aromatic nitrogens is 1. The van der Waals surface area contributed by atoms with Crippen molar-refractivity contribution in [1.82, 2.24) is 4.98 Å². The molecule has 0 atom stereocenters. The molecule has 0 spiro atoms. The third kappa shape index (κ3) is 2.35. The molecule has 0 aliphatic heterocycles. The monoisotopic (exact) mass is 280 g/mol. The summed E-state index contributed by atoms with van der Waals surface area (Å²) in [6.45, 7) is 0. The Morgan fingerprint density at radius 3 is 2.89 bits per heavy atom. The van der Waals surface area contributed by atoms with E-state index in [0.29, 0.717) is 5.25 Å². The van der Waals surface area contributed by atoms with Crippen LogP contribution in [0.25, 0.3) is 10.2 Å². The first-order valence-corrected chi connectivity index (χ1v) is 7.63. The summed E-state index contributed by atoms with van der Waals surface area (Å²) in [4.78, 5) is 14.9. The van der Waals surface area contributed by atoms with Crippen molar-refractivity contribution in [2.45, 2.75) is 35.3 Å². The zero-order valence-corrected chi connectivity index (χ0v) is 11.3. The van der Waals surface area contributed by atoms with Crippen molar-refractivity contribution in [3.8, 4) is 0 Å². The van der Waals surface area contributed by atoms with Gasteiger partial charge in [-0.2, -0.15) is 0 Å². The van der Waals surface area contributed by atoms with E-state index in [1.165, 1.54) is 31.7 Å². The number of hydrogen-bond donors (Lipinski definition) is 0. The van der Waals surface area contributed by atoms with Crippen molar-refractivity contribution in [3.05, 3.63) is 28.3 Å². The minimum Gasteiger partial charge on any atom is -0.258 e. The summed E-state index contributed by atoms with van der Waals surface area (Å²) in [6.07, 6.45) is 5.16. The van der Waals surface area contributed by atoms with Gasteiger partial charge in [0.2, 0.25) is 0 Å². The van der Waals surface area contributed by atoms with Gasteiger partial charge in [0.1, 0.15) is 0 Å². The number of nitro benzene ring substituents is 1. The van der Waals surface area contributed by atoms with Crippen LogP contribution >= 0.6 is 23.1 Å². The lowest BCUT2D eigenvalue weighted by molar-refractivity contribution is -0.384. The van der Waals surface area contributed by atoms with Gasteiger partial charge in [-0.15, -0.1) is 11.3 Å². The Balaban J connectivity index is 1.87. The van der Waals surface area contributed by atoms with Crippen LogP contribution in [0.1, 0.15) is 25.7 Å². The van der Waals surface area contributed by atoms with Gasteiger partial charge in [-0.05, 0) is 18.9 Å². The third-order valence-electron chi connectivity index (χ3n) is 3.13. The summed E-state index contributed by atoms with van der Waals surface area (Å²) in [6, 6.07) is 4.88. The maximum absolute atomic E-state index is 10.7. The van der Waals surface area contributed by atoms with Crippen LogP contribution in [0.3, 0.4) is 0 Å². The summed E-state index contributed by atoms with van der Waals surface area (Å²) >= 11 is 3.39. The van der Waals surface area contributed by atoms with E-state index in [4.69, 9.17) is 0 Å². The van der Waals surface area contributed by atoms with Gasteiger partial charge in [0.15, 0.2) is 4.34 Å². The number of non-ortho nitro benzene ring substituents is 1. The molecule has 1 aromatic heterocycles. The molecular formula is C12H12N2O2S2. The van der Waals surface area contributed by atoms with Crippen molar-refractivity contribution < 1.29 is 4.92 Å². The van der Waals surface area contributed by atoms with Gasteiger partial charge in [0.05, 0.1) is 15.1 Å². The number of fused-ring (bicyclic) bond motifs is 1. The Bertz CT molecular complexity index is 591. The summed E-state index contributed by atoms with van der Waals surface area (Å²) < 4.78 is 1.95. The average molecular weight is 280 g/mol. The Kier molecular flexibility index (Phi) is 3.22. The van der Waals surface area contributed by atoms with Gasteiger partial charge in [0.25, 0.3) is 5.69 Å². The van der Waals surface area contributed by atoms with Gasteiger partial charge >= 0.3 is 0 Å². The highest BCUT2D eigenvalue weighted by Gasteiger charge is 2.18. The number of thiazole rings is 1. The number of rotatable bonds is 3. The molecule has 0 saturated heterocycles. The predicted molar refractivity (Wildman–Crippen MR) is 74.4 cm³/mol. The minimum absolute atomic E-state index is 0.142. The molecule has 0 amide bonds. The van der Waals surface area contributed by atoms with Gasteiger partial charge in [0, 0.05) is 17.4 Å². The minimum atomic E-state index is -0.358. The number of nitro groups is 1. The fraction of sp³-hybridized carbons (Fsp3) is 0.417. The molecule has 1 aromatic carbocycles. The first-order chi connectivity index (χ1) is 8.72. The maximum Gasteiger partial charge on any atom is 0.270 e. The van der Waals surface area contributed by atoms with Crippen LogP contribution in [-0.2, 0) is 0 Å². The molecule has 1 heterocycles. The van der Waals surface area contributed by atoms with Crippen molar-refractivity contribution in [2.75, 3.05) is 0 Å². The molecule has 1 saturated carbocycles. The standard InChI is InChI=1S/C12H12N2O2S2/c15-14(16)8-5-6-10-11(7-8)18-12(13-10)17-9-3-1-2-4-9/h5-7,9H,1-4H2. The summed E-state index contributed by atoms with van der Waals surface area (Å²) in [5.74, 6) is 0. The second-order valence-corrected chi connectivity index (χ2v) is 6.99. The van der Waals surface area contributed by atoms with E-state index in [9.17, 15) is 10.1 Å². The molecule has 1 aliphatic carbocycles. The average Bonchev–Trinajstić information content (AvgIpc) is 2.96. The van der Waals surface area contributed by atoms with E-state index in [0.717, 1.165) is 14.6 Å². The third-order valence-corrected chi connectivity index (χ3v) is 5.58. The largest absolute Gasteiger partial charge is 0.270 e. The fourth-order valence-electron chi connectivity index (χ4n) is 2.20. The van der Waals surface area contributed by atoms with E-state index in [1.54, 1.807) is 23.5 Å². The van der Waals surface area contributed by atoms with Gasteiger partial charge in [-0.1, -0.05) is 24.6 Å². The molecule has 1 aliphatic rings. The Morgan fingerprint density at radius 1 is 1.39 bits per heavy atom. The molecule has 0 radical (unpaired) electrons. The topological polar surface area (TPSA) is 56.0 Å². The molecule has 0 N–H and O–H groups in total. The van der Waals surface area contributed by atoms with Crippen LogP contribution in [0, 0.1) is 10.1 Å². The van der Waals surface area contributed by atoms with Gasteiger partial charge in [-0.3, -0.25) is 10.1 Å². The van der Waals surface area contributed by atoms with Crippen molar-refractivity contribution in [2.24, 2.45) is 0 Å². The molecule has 1 fully saturated rings. The smallest absolute Gasteiger partial charge is 0.258 e. The molecule has 2 aromatic rings. The molecule has 94 valence electrons. The number of nitrogens with zero attached hydrogens (tertiary/aromatic N) is 2. The Hall–Kier alpha value is -1.14. The molecule has 3 rings (SSSR count). The van der Waals surface area contributed by atoms with E-state index in [1.807, 2.05) is 11.8 Å². The van der Waals surface area contributed by atoms with Crippen LogP contribution in [-0.4, -0.2) is 15.2 Å². The normalized spacial score (nSPS) is 16.4. The summed E-state index contributed by atoms with van der Waals surface area (Å²) in [7, 11) is 0. The fourth-order valence-corrected chi connectivity index (χ4v) is 4.81. The van der Waals surface area contributed by atoms with Crippen molar-refractivity contribution >= 4 is 39.0 Å². The molecule has 4 nitrogen and oxygen atoms in total. The Morgan fingerprint density at radius 2 is 2.17 bits per heavy atom. The van der Waals surface area contributed by atoms with Crippen molar-refractivity contribution in [1.29, 1.82) is 0 Å². The summed E-state index contributed by atoms with van der Waals surface area (Å²) in [5.41, 5.74) is 1.01. The number of hydrogen-bond acceptors (Lipinski definition) is 5. The first kappa shape index (κ1) is 11.9. The van der Waals surface area contributed by atoms with Crippen LogP contribution in [0.4, 0.5) is 5.69 Å². The Labute approximate surface area is 113 Å². The van der Waals surface area contributed by atoms with E-state index >= 15 is 0 Å². The van der Waals surface area contributed by atoms with Crippen LogP contribution in [0.5, 0.6) is 0 Å². The SMILES string of the molecule is O=[N+]([O-])c1ccc2nc(SC3CCCC3)sc2c1. The zero-order valence-electron chi connectivity index (χ0n) is 9.67. The number of benzene rings is 1. The first-order valence-electron chi connectivity index (χ1n) is 5.94. The molecular weight excluding hydrogens is 268 g/mol. The maximum atomic E-state index is 10.7. The quantitative estimate of drug-likeness (QED) is 0.623. The zero-order chi connectivity index (χ0) is 12.5. The van der Waals surface area contributed by atoms with Gasteiger partial charge < -0.3 is 0 Å². The lowest BCUT2D eigenvalue weighted by Crippen LogP contribution is -1.92. The number of thioether (sulfide) groups is 1. The van der Waals surface area contributed by atoms with Crippen LogP contribution in [0.15, 0.2) is 22.5 Å². The molecule has 6 heteroatoms. The highest BCUT2D eigenvalue weighted by Crippen LogP contribution is 2.38. The van der Waals surface area contributed by atoms with Gasteiger partial charge in [-0.25, -0.2) is 4.98 Å². The summed E-state index contributed by atoms with van der Waals surface area (Å²) in [5, 5.41) is 11.4. The van der Waals surface area contributed by atoms with Crippen molar-refractivity contribution in [3.63, 3.8) is 0 Å². The van der Waals surface area contributed by atoms with Crippen LogP contribution in [0.2, 0.25) is 0 Å². The highest BCUT2D eigenvalue weighted by atomic mass is 32.2. The lowest BCUT2D eigenvalue weighted by Gasteiger charge is -2.03. The molecule has 0 unspecified atom stereocenters. The van der Waals surface area contributed by atoms with Crippen LogP contribution < -0.4 is 0 Å². The molecule has 0 bridgehead atoms. The lowest BCUT2D eigenvalue weighted by atomic mass is 10.3. The molecule has 18 heavy (non-hydrogen) atoms. The second-order valence-electron chi connectivity index (χ2n) is 4.41. The predicted octanol–water partition coefficient (Wildman–Crippen LogP) is 4.24. The van der Waals surface area contributed by atoms with E-state index in [-0.39, 0.29) is 10.6 Å².